The van der Waals surface area contributed by atoms with Gasteiger partial charge in [0.1, 0.15) is 12.4 Å². The highest BCUT2D eigenvalue weighted by Gasteiger charge is 2.30. The van der Waals surface area contributed by atoms with Crippen molar-refractivity contribution in [2.24, 2.45) is 0 Å². The molecule has 0 aliphatic carbocycles. The Labute approximate surface area is 121 Å². The molecule has 3 rings (SSSR count). The first-order chi connectivity index (χ1) is 10.1. The van der Waals surface area contributed by atoms with Gasteiger partial charge in [0.2, 0.25) is 5.82 Å². The number of H-pyrrole nitrogens is 1. The number of tetrazole rings is 1. The summed E-state index contributed by atoms with van der Waals surface area (Å²) in [4.78, 5) is 1.33. The quantitative estimate of drug-likeness (QED) is 0.938. The van der Waals surface area contributed by atoms with E-state index < -0.39 is 18.8 Å². The van der Waals surface area contributed by atoms with Gasteiger partial charge in [0, 0.05) is 6.07 Å². The van der Waals surface area contributed by atoms with E-state index in [1.54, 1.807) is 0 Å². The summed E-state index contributed by atoms with van der Waals surface area (Å²) in [6.45, 7) is -0.154. The lowest BCUT2D eigenvalue weighted by Crippen LogP contribution is -2.37. The van der Waals surface area contributed by atoms with E-state index in [4.69, 9.17) is 16.3 Å². The zero-order valence-electron chi connectivity index (χ0n) is 10.5. The number of aromatic amines is 1. The van der Waals surface area contributed by atoms with Crippen molar-refractivity contribution >= 4 is 17.3 Å². The van der Waals surface area contributed by atoms with Gasteiger partial charge in [-0.3, -0.25) is 0 Å². The summed E-state index contributed by atoms with van der Waals surface area (Å²) in [5.41, 5.74) is 0.0523. The Hall–Kier alpha value is -2.03. The van der Waals surface area contributed by atoms with Gasteiger partial charge in [-0.05, 0) is 5.21 Å². The fourth-order valence-electron chi connectivity index (χ4n) is 2.22. The lowest BCUT2D eigenvalue weighted by atomic mass is 10.1. The van der Waals surface area contributed by atoms with Crippen LogP contribution in [0.25, 0.3) is 11.4 Å². The standard InChI is InChI=1S/C11H9ClF3N5O/c12-5-3-6-10(20(1-2-21-6)4-7(13)14)8(9(5)15)11-16-18-19-17-11/h3,7H,1-2,4H2,(H,16,17,18,19). The first kappa shape index (κ1) is 13.9. The first-order valence-electron chi connectivity index (χ1n) is 5.99. The number of nitrogens with one attached hydrogen (secondary N) is 1. The summed E-state index contributed by atoms with van der Waals surface area (Å²) in [5, 5.41) is 12.7. The molecule has 10 heteroatoms. The van der Waals surface area contributed by atoms with Crippen molar-refractivity contribution in [3.63, 3.8) is 0 Å². The van der Waals surface area contributed by atoms with Crippen molar-refractivity contribution in [3.8, 4) is 17.1 Å². The first-order valence-corrected chi connectivity index (χ1v) is 6.37. The molecule has 1 aliphatic rings. The lowest BCUT2D eigenvalue weighted by molar-refractivity contribution is 0.151. The maximum atomic E-state index is 14.3. The molecule has 0 atom stereocenters. The molecule has 2 heterocycles. The van der Waals surface area contributed by atoms with E-state index in [0.29, 0.717) is 0 Å². The van der Waals surface area contributed by atoms with E-state index in [2.05, 4.69) is 20.6 Å². The molecule has 0 spiro atoms. The van der Waals surface area contributed by atoms with Gasteiger partial charge in [-0.1, -0.05) is 11.6 Å². The topological polar surface area (TPSA) is 66.9 Å². The van der Waals surface area contributed by atoms with E-state index >= 15 is 0 Å². The second-order valence-electron chi connectivity index (χ2n) is 4.32. The van der Waals surface area contributed by atoms with Crippen LogP contribution in [0.3, 0.4) is 0 Å². The molecule has 112 valence electrons. The molecule has 6 nitrogen and oxygen atoms in total. The summed E-state index contributed by atoms with van der Waals surface area (Å²) < 4.78 is 45.2. The molecule has 1 N–H and O–H groups in total. The molecular weight excluding hydrogens is 311 g/mol. The smallest absolute Gasteiger partial charge is 0.255 e. The number of fused-ring (bicyclic) bond motifs is 1. The van der Waals surface area contributed by atoms with Crippen LogP contribution in [0.4, 0.5) is 18.9 Å². The maximum Gasteiger partial charge on any atom is 0.255 e. The van der Waals surface area contributed by atoms with Gasteiger partial charge in [0.15, 0.2) is 5.82 Å². The largest absolute Gasteiger partial charge is 0.489 e. The van der Waals surface area contributed by atoms with Gasteiger partial charge >= 0.3 is 0 Å². The van der Waals surface area contributed by atoms with Crippen LogP contribution in [0.1, 0.15) is 0 Å². The van der Waals surface area contributed by atoms with Crippen LogP contribution in [0.5, 0.6) is 5.75 Å². The Bertz CT molecular complexity index is 652. The van der Waals surface area contributed by atoms with E-state index in [1.165, 1.54) is 11.0 Å². The Kier molecular flexibility index (Phi) is 3.58. The Morgan fingerprint density at radius 2 is 2.29 bits per heavy atom. The molecule has 2 aromatic rings. The molecule has 0 saturated carbocycles. The van der Waals surface area contributed by atoms with Crippen LogP contribution >= 0.6 is 11.6 Å². The third kappa shape index (κ3) is 2.48. The van der Waals surface area contributed by atoms with Gasteiger partial charge < -0.3 is 9.64 Å². The number of benzene rings is 1. The number of alkyl halides is 2. The highest BCUT2D eigenvalue weighted by atomic mass is 35.5. The normalized spacial score (nSPS) is 14.2. The fraction of sp³-hybridized carbons (Fsp3) is 0.364. The highest BCUT2D eigenvalue weighted by molar-refractivity contribution is 6.31. The van der Waals surface area contributed by atoms with Crippen molar-refractivity contribution in [2.75, 3.05) is 24.6 Å². The Morgan fingerprint density at radius 3 is 2.95 bits per heavy atom. The predicted octanol–water partition coefficient (Wildman–Crippen LogP) is 2.12. The molecular formula is C11H9ClF3N5O. The minimum Gasteiger partial charge on any atom is -0.489 e. The van der Waals surface area contributed by atoms with E-state index in [9.17, 15) is 13.2 Å². The molecule has 0 saturated heterocycles. The van der Waals surface area contributed by atoms with Gasteiger partial charge in [0.25, 0.3) is 6.43 Å². The van der Waals surface area contributed by atoms with Crippen LogP contribution in [0.2, 0.25) is 5.02 Å². The van der Waals surface area contributed by atoms with Crippen LogP contribution in [0, 0.1) is 5.82 Å². The summed E-state index contributed by atoms with van der Waals surface area (Å²) in [6.07, 6.45) is -2.58. The number of rotatable bonds is 3. The van der Waals surface area contributed by atoms with Crippen molar-refractivity contribution in [1.29, 1.82) is 0 Å². The minimum absolute atomic E-state index is 0.0731. The number of aromatic nitrogens is 4. The molecule has 1 aromatic carbocycles. The third-order valence-corrected chi connectivity index (χ3v) is 3.29. The van der Waals surface area contributed by atoms with Gasteiger partial charge in [-0.25, -0.2) is 13.2 Å². The van der Waals surface area contributed by atoms with Crippen LogP contribution in [-0.2, 0) is 0 Å². The van der Waals surface area contributed by atoms with Crippen LogP contribution < -0.4 is 9.64 Å². The van der Waals surface area contributed by atoms with Crippen molar-refractivity contribution in [3.05, 3.63) is 16.9 Å². The Balaban J connectivity index is 2.20. The van der Waals surface area contributed by atoms with Gasteiger partial charge in [-0.2, -0.15) is 5.21 Å². The number of ether oxygens (including phenoxy) is 1. The lowest BCUT2D eigenvalue weighted by Gasteiger charge is -2.32. The average molecular weight is 320 g/mol. The number of halogens is 4. The Morgan fingerprint density at radius 1 is 1.48 bits per heavy atom. The molecule has 0 fully saturated rings. The second kappa shape index (κ2) is 5.40. The molecule has 0 unspecified atom stereocenters. The zero-order chi connectivity index (χ0) is 15.0. The van der Waals surface area contributed by atoms with Gasteiger partial charge in [0.05, 0.1) is 29.4 Å². The number of hydrogen-bond donors (Lipinski definition) is 1. The summed E-state index contributed by atoms with van der Waals surface area (Å²) >= 11 is 5.81. The SMILES string of the molecule is Fc1c(Cl)cc2c(c1-c1nn[nH]n1)N(CC(F)F)CCO2. The number of nitrogens with zero attached hydrogens (tertiary/aromatic N) is 4. The molecule has 1 aliphatic heterocycles. The molecule has 0 amide bonds. The van der Waals surface area contributed by atoms with Gasteiger partial charge in [-0.15, -0.1) is 10.2 Å². The number of anilines is 1. The summed E-state index contributed by atoms with van der Waals surface area (Å²) in [6, 6.07) is 1.26. The highest BCUT2D eigenvalue weighted by Crippen LogP contribution is 2.44. The fourth-order valence-corrected chi connectivity index (χ4v) is 2.41. The van der Waals surface area contributed by atoms with Crippen molar-refractivity contribution in [2.45, 2.75) is 6.43 Å². The van der Waals surface area contributed by atoms with E-state index in [1.807, 2.05) is 0 Å². The van der Waals surface area contributed by atoms with E-state index in [0.717, 1.165) is 0 Å². The average Bonchev–Trinajstić information content (AvgIpc) is 2.94. The minimum atomic E-state index is -2.58. The van der Waals surface area contributed by atoms with Crippen molar-refractivity contribution in [1.82, 2.24) is 20.6 Å². The van der Waals surface area contributed by atoms with Crippen LogP contribution in [0.15, 0.2) is 6.07 Å². The molecule has 1 aromatic heterocycles. The maximum absolute atomic E-state index is 14.3. The zero-order valence-corrected chi connectivity index (χ0v) is 11.2. The van der Waals surface area contributed by atoms with E-state index in [-0.39, 0.29) is 41.0 Å². The van der Waals surface area contributed by atoms with Crippen molar-refractivity contribution < 1.29 is 17.9 Å². The third-order valence-electron chi connectivity index (χ3n) is 3.02. The monoisotopic (exact) mass is 319 g/mol. The molecule has 0 radical (unpaired) electrons. The van der Waals surface area contributed by atoms with Crippen LogP contribution in [-0.4, -0.2) is 46.7 Å². The summed E-state index contributed by atoms with van der Waals surface area (Å²) in [5.74, 6) is -0.661. The molecule has 21 heavy (non-hydrogen) atoms. The summed E-state index contributed by atoms with van der Waals surface area (Å²) in [7, 11) is 0. The predicted molar refractivity (Wildman–Crippen MR) is 68.3 cm³/mol. The second-order valence-corrected chi connectivity index (χ2v) is 4.72. The molecule has 0 bridgehead atoms. The number of hydrogen-bond acceptors (Lipinski definition) is 5.